The van der Waals surface area contributed by atoms with Gasteiger partial charge in [-0.05, 0) is 55.3 Å². The van der Waals surface area contributed by atoms with Gasteiger partial charge in [-0.1, -0.05) is 6.07 Å². The minimum absolute atomic E-state index is 0.0230. The van der Waals surface area contributed by atoms with Crippen LogP contribution in [-0.4, -0.2) is 35.0 Å². The summed E-state index contributed by atoms with van der Waals surface area (Å²) in [5, 5.41) is 0. The van der Waals surface area contributed by atoms with Crippen LogP contribution >= 0.6 is 0 Å². The van der Waals surface area contributed by atoms with Crippen LogP contribution in [0.1, 0.15) is 23.2 Å². The molecule has 1 amide bonds. The first kappa shape index (κ1) is 19.3. The van der Waals surface area contributed by atoms with E-state index in [1.807, 2.05) is 0 Å². The van der Waals surface area contributed by atoms with Gasteiger partial charge in [-0.3, -0.25) is 15.6 Å². The second-order valence-electron chi connectivity index (χ2n) is 6.30. The first-order valence-corrected chi connectivity index (χ1v) is 11.5. The number of anilines is 1. The van der Waals surface area contributed by atoms with Crippen molar-refractivity contribution in [2.24, 2.45) is 0 Å². The van der Waals surface area contributed by atoms with Crippen molar-refractivity contribution in [1.82, 2.24) is 10.1 Å². The standard InChI is InChI=1S/C17H19N3O5S2/c1-26(22,23)16-4-2-3-12(11-16)17(21)19-18-13-7-9-15(10-8-13)27(24,25)20-14-5-6-14/h2-4,7-11,14,18,20H,5-6H2,1H3,(H,19,21). The van der Waals surface area contributed by atoms with Crippen LogP contribution in [0.25, 0.3) is 0 Å². The predicted octanol–water partition coefficient (Wildman–Crippen LogP) is 1.29. The second kappa shape index (κ2) is 7.29. The third kappa shape index (κ3) is 5.06. The van der Waals surface area contributed by atoms with Gasteiger partial charge in [0.1, 0.15) is 0 Å². The molecule has 2 aromatic rings. The first-order chi connectivity index (χ1) is 12.6. The van der Waals surface area contributed by atoms with Gasteiger partial charge in [0, 0.05) is 17.9 Å². The molecule has 1 saturated carbocycles. The van der Waals surface area contributed by atoms with Crippen LogP contribution in [0.4, 0.5) is 5.69 Å². The quantitative estimate of drug-likeness (QED) is 0.593. The predicted molar refractivity (Wildman–Crippen MR) is 100 cm³/mol. The number of nitrogens with one attached hydrogen (secondary N) is 3. The topological polar surface area (TPSA) is 121 Å². The molecule has 3 N–H and O–H groups in total. The van der Waals surface area contributed by atoms with E-state index in [9.17, 15) is 21.6 Å². The average molecular weight is 409 g/mol. The van der Waals surface area contributed by atoms with Crippen LogP contribution in [0.5, 0.6) is 0 Å². The van der Waals surface area contributed by atoms with Crippen molar-refractivity contribution in [3.8, 4) is 0 Å². The van der Waals surface area contributed by atoms with Crippen molar-refractivity contribution in [3.63, 3.8) is 0 Å². The van der Waals surface area contributed by atoms with Gasteiger partial charge in [-0.2, -0.15) is 0 Å². The van der Waals surface area contributed by atoms with Crippen molar-refractivity contribution >= 4 is 31.5 Å². The van der Waals surface area contributed by atoms with Crippen molar-refractivity contribution in [3.05, 3.63) is 54.1 Å². The van der Waals surface area contributed by atoms with Crippen molar-refractivity contribution in [1.29, 1.82) is 0 Å². The molecule has 10 heteroatoms. The van der Waals surface area contributed by atoms with E-state index in [1.54, 1.807) is 0 Å². The van der Waals surface area contributed by atoms with Gasteiger partial charge in [0.05, 0.1) is 15.5 Å². The molecule has 0 heterocycles. The van der Waals surface area contributed by atoms with Gasteiger partial charge >= 0.3 is 0 Å². The fourth-order valence-corrected chi connectivity index (χ4v) is 4.25. The van der Waals surface area contributed by atoms with Crippen LogP contribution < -0.4 is 15.6 Å². The van der Waals surface area contributed by atoms with Crippen LogP contribution in [0.3, 0.4) is 0 Å². The van der Waals surface area contributed by atoms with Crippen LogP contribution in [0.2, 0.25) is 0 Å². The Hall–Kier alpha value is -2.43. The second-order valence-corrected chi connectivity index (χ2v) is 10.0. The zero-order valence-electron chi connectivity index (χ0n) is 14.5. The number of hydrogen-bond acceptors (Lipinski definition) is 6. The number of amides is 1. The number of rotatable bonds is 7. The first-order valence-electron chi connectivity index (χ1n) is 8.14. The fourth-order valence-electron chi connectivity index (χ4n) is 2.28. The summed E-state index contributed by atoms with van der Waals surface area (Å²) >= 11 is 0. The van der Waals surface area contributed by atoms with E-state index >= 15 is 0 Å². The fraction of sp³-hybridized carbons (Fsp3) is 0.235. The summed E-state index contributed by atoms with van der Waals surface area (Å²) in [6, 6.07) is 11.6. The Labute approximate surface area is 157 Å². The van der Waals surface area contributed by atoms with Gasteiger partial charge in [0.15, 0.2) is 9.84 Å². The Bertz CT molecular complexity index is 1060. The summed E-state index contributed by atoms with van der Waals surface area (Å²) in [5.41, 5.74) is 5.77. The summed E-state index contributed by atoms with van der Waals surface area (Å²) in [6.07, 6.45) is 2.77. The molecule has 144 valence electrons. The maximum absolute atomic E-state index is 12.2. The van der Waals surface area contributed by atoms with Crippen LogP contribution in [0.15, 0.2) is 58.3 Å². The molecule has 0 aromatic heterocycles. The maximum atomic E-state index is 12.2. The molecule has 0 radical (unpaired) electrons. The van der Waals surface area contributed by atoms with Gasteiger partial charge in [0.2, 0.25) is 10.0 Å². The minimum Gasteiger partial charge on any atom is -0.298 e. The molecule has 1 fully saturated rings. The van der Waals surface area contributed by atoms with E-state index in [2.05, 4.69) is 15.6 Å². The molecule has 0 saturated heterocycles. The molecular formula is C17H19N3O5S2. The molecule has 0 unspecified atom stereocenters. The molecule has 0 atom stereocenters. The molecule has 1 aliphatic rings. The number of benzene rings is 2. The summed E-state index contributed by atoms with van der Waals surface area (Å²) in [4.78, 5) is 12.4. The largest absolute Gasteiger partial charge is 0.298 e. The molecule has 1 aliphatic carbocycles. The Morgan fingerprint density at radius 1 is 0.963 bits per heavy atom. The van der Waals surface area contributed by atoms with E-state index in [-0.39, 0.29) is 21.4 Å². The Morgan fingerprint density at radius 3 is 2.22 bits per heavy atom. The number of hydrazine groups is 1. The summed E-state index contributed by atoms with van der Waals surface area (Å²) in [5.74, 6) is -0.521. The average Bonchev–Trinajstić information content (AvgIpc) is 3.42. The normalized spacial score (nSPS) is 14.6. The van der Waals surface area contributed by atoms with Gasteiger partial charge < -0.3 is 0 Å². The number of carbonyl (C=O) groups is 1. The maximum Gasteiger partial charge on any atom is 0.269 e. The molecule has 3 rings (SSSR count). The van der Waals surface area contributed by atoms with E-state index in [0.717, 1.165) is 19.1 Å². The summed E-state index contributed by atoms with van der Waals surface area (Å²) < 4.78 is 49.9. The van der Waals surface area contributed by atoms with Gasteiger partial charge in [-0.15, -0.1) is 0 Å². The van der Waals surface area contributed by atoms with Crippen molar-refractivity contribution < 1.29 is 21.6 Å². The third-order valence-electron chi connectivity index (χ3n) is 3.91. The van der Waals surface area contributed by atoms with Crippen LogP contribution in [-0.2, 0) is 19.9 Å². The van der Waals surface area contributed by atoms with E-state index in [0.29, 0.717) is 5.69 Å². The highest BCUT2D eigenvalue weighted by atomic mass is 32.2. The number of hydrogen-bond donors (Lipinski definition) is 3. The monoisotopic (exact) mass is 409 g/mol. The zero-order valence-corrected chi connectivity index (χ0v) is 16.1. The third-order valence-corrected chi connectivity index (χ3v) is 6.56. The Kier molecular flexibility index (Phi) is 5.22. The lowest BCUT2D eigenvalue weighted by Gasteiger charge is -2.10. The lowest BCUT2D eigenvalue weighted by Crippen LogP contribution is -2.29. The van der Waals surface area contributed by atoms with E-state index in [4.69, 9.17) is 0 Å². The molecule has 2 aromatic carbocycles. The van der Waals surface area contributed by atoms with Crippen molar-refractivity contribution in [2.75, 3.05) is 11.7 Å². The smallest absolute Gasteiger partial charge is 0.269 e. The highest BCUT2D eigenvalue weighted by Gasteiger charge is 2.27. The Morgan fingerprint density at radius 2 is 1.63 bits per heavy atom. The SMILES string of the molecule is CS(=O)(=O)c1cccc(C(=O)NNc2ccc(S(=O)(=O)NC3CC3)cc2)c1. The number of sulfone groups is 1. The van der Waals surface area contributed by atoms with Crippen LogP contribution in [0, 0.1) is 0 Å². The minimum atomic E-state index is -3.53. The Balaban J connectivity index is 1.64. The summed E-state index contributed by atoms with van der Waals surface area (Å²) in [7, 11) is -6.94. The molecular weight excluding hydrogens is 390 g/mol. The van der Waals surface area contributed by atoms with Crippen molar-refractivity contribution in [2.45, 2.75) is 28.7 Å². The lowest BCUT2D eigenvalue weighted by atomic mass is 10.2. The van der Waals surface area contributed by atoms with Gasteiger partial charge in [0.25, 0.3) is 5.91 Å². The molecule has 0 spiro atoms. The molecule has 0 bridgehead atoms. The molecule has 8 nitrogen and oxygen atoms in total. The molecule has 27 heavy (non-hydrogen) atoms. The molecule has 0 aliphatic heterocycles. The number of sulfonamides is 1. The zero-order chi connectivity index (χ0) is 19.7. The van der Waals surface area contributed by atoms with E-state index < -0.39 is 25.8 Å². The summed E-state index contributed by atoms with van der Waals surface area (Å²) in [6.45, 7) is 0. The van der Waals surface area contributed by atoms with Gasteiger partial charge in [-0.25, -0.2) is 21.6 Å². The highest BCUT2D eigenvalue weighted by molar-refractivity contribution is 7.90. The lowest BCUT2D eigenvalue weighted by molar-refractivity contribution is 0.0962. The van der Waals surface area contributed by atoms with E-state index in [1.165, 1.54) is 48.5 Å². The highest BCUT2D eigenvalue weighted by Crippen LogP contribution is 2.22. The number of carbonyl (C=O) groups excluding carboxylic acids is 1.